The summed E-state index contributed by atoms with van der Waals surface area (Å²) >= 11 is 6.35. The van der Waals surface area contributed by atoms with Gasteiger partial charge < -0.3 is 10.4 Å². The number of halogens is 1. The number of aliphatic hydroxyl groups excluding tert-OH is 1. The Morgan fingerprint density at radius 2 is 1.94 bits per heavy atom. The first-order chi connectivity index (χ1) is 15.4. The zero-order chi connectivity index (χ0) is 22.6. The summed E-state index contributed by atoms with van der Waals surface area (Å²) in [4.78, 5) is 22.1. The minimum Gasteiger partial charge on any atom is -0.390 e. The highest BCUT2D eigenvalue weighted by Gasteiger charge is 2.20. The van der Waals surface area contributed by atoms with Gasteiger partial charge in [0, 0.05) is 38.3 Å². The fourth-order valence-corrected chi connectivity index (χ4v) is 4.25. The number of aryl methyl sites for hydroxylation is 2. The lowest BCUT2D eigenvalue weighted by Gasteiger charge is -2.10. The molecule has 0 fully saturated rings. The second kappa shape index (κ2) is 7.47. The average Bonchev–Trinajstić information content (AvgIpc) is 3.27. The van der Waals surface area contributed by atoms with Gasteiger partial charge in [-0.2, -0.15) is 5.10 Å². The summed E-state index contributed by atoms with van der Waals surface area (Å²) in [7, 11) is 5.25. The van der Waals surface area contributed by atoms with Crippen LogP contribution in [0.3, 0.4) is 0 Å². The molecule has 0 aliphatic carbocycles. The number of nitrogens with one attached hydrogen (secondary N) is 1. The van der Waals surface area contributed by atoms with E-state index in [4.69, 9.17) is 11.6 Å². The van der Waals surface area contributed by atoms with Crippen LogP contribution in [0.25, 0.3) is 38.8 Å². The van der Waals surface area contributed by atoms with Gasteiger partial charge in [-0.05, 0) is 23.8 Å². The van der Waals surface area contributed by atoms with E-state index in [9.17, 15) is 9.90 Å². The van der Waals surface area contributed by atoms with Gasteiger partial charge in [-0.1, -0.05) is 17.7 Å². The molecule has 4 aromatic heterocycles. The highest BCUT2D eigenvalue weighted by molar-refractivity contribution is 6.31. The van der Waals surface area contributed by atoms with Crippen LogP contribution in [0.1, 0.15) is 5.69 Å². The van der Waals surface area contributed by atoms with E-state index in [-0.39, 0.29) is 17.4 Å². The van der Waals surface area contributed by atoms with E-state index in [0.717, 1.165) is 27.7 Å². The first kappa shape index (κ1) is 20.2. The zero-order valence-electron chi connectivity index (χ0n) is 17.7. The largest absolute Gasteiger partial charge is 0.390 e. The van der Waals surface area contributed by atoms with Gasteiger partial charge >= 0.3 is 5.69 Å². The van der Waals surface area contributed by atoms with Crippen LogP contribution in [0.15, 0.2) is 47.7 Å². The van der Waals surface area contributed by atoms with Crippen molar-refractivity contribution in [3.05, 3.63) is 64.2 Å². The Hall–Kier alpha value is -3.69. The van der Waals surface area contributed by atoms with Crippen molar-refractivity contribution in [2.45, 2.75) is 6.61 Å². The second-order valence-electron chi connectivity index (χ2n) is 7.51. The van der Waals surface area contributed by atoms with Crippen molar-refractivity contribution in [3.8, 4) is 16.8 Å². The molecule has 1 aromatic carbocycles. The van der Waals surface area contributed by atoms with Crippen LogP contribution in [0.5, 0.6) is 0 Å². The molecule has 0 aliphatic rings. The van der Waals surface area contributed by atoms with Gasteiger partial charge in [-0.15, -0.1) is 0 Å². The number of rotatable bonds is 4. The van der Waals surface area contributed by atoms with Crippen molar-refractivity contribution < 1.29 is 5.11 Å². The molecule has 5 rings (SSSR count). The number of pyridine rings is 2. The number of anilines is 1. The fraction of sp³-hybridized carbons (Fsp3) is 0.182. The number of nitrogens with zero attached hydrogens (tertiary/aromatic N) is 6. The molecule has 0 atom stereocenters. The SMILES string of the molecule is CNc1cc(-c2ccc3ncc4c(c3c2)n(-c2cn(C)nc2Cl)c(=O)n4C)cnc1CO. The van der Waals surface area contributed by atoms with Crippen LogP contribution in [-0.2, 0) is 20.7 Å². The maximum absolute atomic E-state index is 13.2. The van der Waals surface area contributed by atoms with Crippen molar-refractivity contribution in [2.75, 3.05) is 12.4 Å². The number of fused-ring (bicyclic) bond motifs is 3. The predicted molar refractivity (Wildman–Crippen MR) is 124 cm³/mol. The third-order valence-corrected chi connectivity index (χ3v) is 5.88. The van der Waals surface area contributed by atoms with Gasteiger partial charge in [0.15, 0.2) is 5.15 Å². The molecule has 9 nitrogen and oxygen atoms in total. The molecule has 0 radical (unpaired) electrons. The maximum atomic E-state index is 13.2. The normalized spacial score (nSPS) is 11.5. The molecular formula is C22H20ClN7O2. The van der Waals surface area contributed by atoms with Gasteiger partial charge in [0.25, 0.3) is 0 Å². The van der Waals surface area contributed by atoms with Crippen LogP contribution >= 0.6 is 11.6 Å². The van der Waals surface area contributed by atoms with E-state index < -0.39 is 0 Å². The van der Waals surface area contributed by atoms with Crippen molar-refractivity contribution in [1.82, 2.24) is 28.9 Å². The van der Waals surface area contributed by atoms with Crippen LogP contribution in [-0.4, -0.2) is 41.0 Å². The lowest BCUT2D eigenvalue weighted by Crippen LogP contribution is -2.20. The molecule has 162 valence electrons. The van der Waals surface area contributed by atoms with Gasteiger partial charge in [-0.25, -0.2) is 4.79 Å². The summed E-state index contributed by atoms with van der Waals surface area (Å²) < 4.78 is 4.70. The Bertz CT molecular complexity index is 1560. The van der Waals surface area contributed by atoms with E-state index in [1.165, 1.54) is 0 Å². The summed E-state index contributed by atoms with van der Waals surface area (Å²) in [6.45, 7) is -0.152. The molecule has 0 aliphatic heterocycles. The quantitative estimate of drug-likeness (QED) is 0.437. The van der Waals surface area contributed by atoms with Crippen LogP contribution in [0, 0.1) is 0 Å². The van der Waals surface area contributed by atoms with Crippen LogP contribution in [0.2, 0.25) is 5.15 Å². The average molecular weight is 450 g/mol. The molecule has 0 spiro atoms. The maximum Gasteiger partial charge on any atom is 0.333 e. The molecule has 0 bridgehead atoms. The predicted octanol–water partition coefficient (Wildman–Crippen LogP) is 2.86. The second-order valence-corrected chi connectivity index (χ2v) is 7.86. The molecular weight excluding hydrogens is 430 g/mol. The number of aliphatic hydroxyl groups is 1. The summed E-state index contributed by atoms with van der Waals surface area (Å²) in [6.07, 6.45) is 5.13. The molecule has 32 heavy (non-hydrogen) atoms. The molecule has 4 heterocycles. The minimum atomic E-state index is -0.235. The highest BCUT2D eigenvalue weighted by atomic mass is 35.5. The van der Waals surface area contributed by atoms with Crippen LogP contribution in [0.4, 0.5) is 5.69 Å². The fourth-order valence-electron chi connectivity index (χ4n) is 3.99. The van der Waals surface area contributed by atoms with Gasteiger partial charge in [0.2, 0.25) is 0 Å². The van der Waals surface area contributed by atoms with Gasteiger partial charge in [0.1, 0.15) is 5.69 Å². The molecule has 2 N–H and O–H groups in total. The zero-order valence-corrected chi connectivity index (χ0v) is 18.4. The van der Waals surface area contributed by atoms with Crippen LogP contribution < -0.4 is 11.0 Å². The smallest absolute Gasteiger partial charge is 0.333 e. The number of aromatic nitrogens is 6. The van der Waals surface area contributed by atoms with E-state index in [2.05, 4.69) is 20.4 Å². The lowest BCUT2D eigenvalue weighted by molar-refractivity contribution is 0.277. The summed E-state index contributed by atoms with van der Waals surface area (Å²) in [5, 5.41) is 17.8. The van der Waals surface area contributed by atoms with Crippen molar-refractivity contribution in [1.29, 1.82) is 0 Å². The number of hydrogen-bond acceptors (Lipinski definition) is 6. The topological polar surface area (TPSA) is 103 Å². The Morgan fingerprint density at radius 3 is 2.62 bits per heavy atom. The Labute approximate surface area is 187 Å². The standard InChI is InChI=1S/C22H20ClN7O2/c1-24-16-7-13(8-25-17(16)11-31)12-4-5-15-14(6-12)20-18(9-26-15)29(3)22(32)30(20)19-10-28(2)27-21(19)23/h4-10,24,31H,11H2,1-3H3. The molecule has 5 aromatic rings. The number of benzene rings is 1. The summed E-state index contributed by atoms with van der Waals surface area (Å²) in [5.41, 5.74) is 5.50. The molecule has 0 saturated heterocycles. The Balaban J connectivity index is 1.83. The first-order valence-corrected chi connectivity index (χ1v) is 10.3. The van der Waals surface area contributed by atoms with E-state index >= 15 is 0 Å². The third kappa shape index (κ3) is 2.97. The molecule has 10 heteroatoms. The van der Waals surface area contributed by atoms with Crippen molar-refractivity contribution >= 4 is 39.2 Å². The Kier molecular flexibility index (Phi) is 4.72. The summed E-state index contributed by atoms with van der Waals surface area (Å²) in [6, 6.07) is 7.79. The third-order valence-electron chi connectivity index (χ3n) is 5.61. The molecule has 0 saturated carbocycles. The monoisotopic (exact) mass is 449 g/mol. The summed E-state index contributed by atoms with van der Waals surface area (Å²) in [5.74, 6) is 0. The minimum absolute atomic E-state index is 0.152. The van der Waals surface area contributed by atoms with Gasteiger partial charge in [-0.3, -0.25) is 23.8 Å². The number of hydrogen-bond donors (Lipinski definition) is 2. The highest BCUT2D eigenvalue weighted by Crippen LogP contribution is 2.32. The van der Waals surface area contributed by atoms with Crippen molar-refractivity contribution in [2.24, 2.45) is 14.1 Å². The lowest BCUT2D eigenvalue weighted by atomic mass is 10.0. The van der Waals surface area contributed by atoms with E-state index in [1.54, 1.807) is 53.5 Å². The number of imidazole rings is 1. The van der Waals surface area contributed by atoms with E-state index in [0.29, 0.717) is 22.4 Å². The van der Waals surface area contributed by atoms with Gasteiger partial charge in [0.05, 0.1) is 46.9 Å². The van der Waals surface area contributed by atoms with E-state index in [1.807, 2.05) is 24.3 Å². The first-order valence-electron chi connectivity index (χ1n) is 9.90. The molecule has 0 unspecified atom stereocenters. The van der Waals surface area contributed by atoms with Crippen molar-refractivity contribution in [3.63, 3.8) is 0 Å². The molecule has 0 amide bonds. The Morgan fingerprint density at radius 1 is 1.12 bits per heavy atom.